The van der Waals surface area contributed by atoms with E-state index in [-0.39, 0.29) is 15.8 Å². The molecule has 0 saturated carbocycles. The molecule has 3 N–H and O–H groups in total. The van der Waals surface area contributed by atoms with Crippen LogP contribution in [0.25, 0.3) is 0 Å². The Labute approximate surface area is 144 Å². The van der Waals surface area contributed by atoms with Crippen molar-refractivity contribution in [1.82, 2.24) is 5.32 Å². The van der Waals surface area contributed by atoms with E-state index in [0.717, 1.165) is 0 Å². The Kier molecular flexibility index (Phi) is 5.31. The van der Waals surface area contributed by atoms with Crippen LogP contribution in [0.4, 0.5) is 0 Å². The third kappa shape index (κ3) is 4.45. The highest BCUT2D eigenvalue weighted by molar-refractivity contribution is 7.89. The van der Waals surface area contributed by atoms with E-state index in [1.54, 1.807) is 25.1 Å². The molecule has 0 spiro atoms. The van der Waals surface area contributed by atoms with Crippen molar-refractivity contribution < 1.29 is 13.2 Å². The number of nitrogens with two attached hydrogens (primary N) is 1. The van der Waals surface area contributed by atoms with Gasteiger partial charge in [0.2, 0.25) is 10.0 Å². The molecule has 0 aliphatic carbocycles. The maximum atomic E-state index is 12.2. The number of benzene rings is 2. The van der Waals surface area contributed by atoms with E-state index in [0.29, 0.717) is 16.1 Å². The number of primary sulfonamides is 1. The molecule has 23 heavy (non-hydrogen) atoms. The maximum Gasteiger partial charge on any atom is 0.251 e. The first-order valence-corrected chi connectivity index (χ1v) is 8.87. The minimum Gasteiger partial charge on any atom is -0.346 e. The first-order chi connectivity index (χ1) is 10.7. The second-order valence-electron chi connectivity index (χ2n) is 4.94. The normalized spacial score (nSPS) is 12.7. The predicted molar refractivity (Wildman–Crippen MR) is 90.2 cm³/mol. The lowest BCUT2D eigenvalue weighted by Crippen LogP contribution is -2.26. The Hall–Kier alpha value is -1.60. The maximum absolute atomic E-state index is 12.2. The highest BCUT2D eigenvalue weighted by Gasteiger charge is 2.15. The molecule has 0 bridgehead atoms. The van der Waals surface area contributed by atoms with Gasteiger partial charge in [-0.2, -0.15) is 0 Å². The van der Waals surface area contributed by atoms with Gasteiger partial charge in [-0.3, -0.25) is 4.79 Å². The van der Waals surface area contributed by atoms with Crippen LogP contribution >= 0.6 is 23.2 Å². The van der Waals surface area contributed by atoms with Gasteiger partial charge >= 0.3 is 0 Å². The van der Waals surface area contributed by atoms with Crippen LogP contribution in [-0.2, 0) is 10.0 Å². The molecule has 0 heterocycles. The summed E-state index contributed by atoms with van der Waals surface area (Å²) < 4.78 is 22.8. The Morgan fingerprint density at radius 2 is 1.83 bits per heavy atom. The Morgan fingerprint density at radius 1 is 1.13 bits per heavy atom. The van der Waals surface area contributed by atoms with Crippen molar-refractivity contribution in [3.8, 4) is 0 Å². The van der Waals surface area contributed by atoms with Crippen molar-refractivity contribution in [3.05, 3.63) is 63.6 Å². The lowest BCUT2D eigenvalue weighted by atomic mass is 10.1. The van der Waals surface area contributed by atoms with Crippen LogP contribution in [0.5, 0.6) is 0 Å². The molecule has 1 atom stereocenters. The third-order valence-corrected chi connectivity index (χ3v) is 4.87. The number of hydrogen-bond donors (Lipinski definition) is 2. The van der Waals surface area contributed by atoms with E-state index in [2.05, 4.69) is 5.32 Å². The quantitative estimate of drug-likeness (QED) is 0.863. The fraction of sp³-hybridized carbons (Fsp3) is 0.133. The van der Waals surface area contributed by atoms with E-state index in [9.17, 15) is 13.2 Å². The third-order valence-electron chi connectivity index (χ3n) is 3.22. The molecule has 0 fully saturated rings. The fourth-order valence-corrected chi connectivity index (χ4v) is 2.83. The lowest BCUT2D eigenvalue weighted by Gasteiger charge is -2.15. The number of sulfonamides is 1. The number of carbonyl (C=O) groups is 1. The Balaban J connectivity index is 2.20. The van der Waals surface area contributed by atoms with Gasteiger partial charge in [-0.15, -0.1) is 0 Å². The summed E-state index contributed by atoms with van der Waals surface area (Å²) in [5.74, 6) is -0.350. The standard InChI is InChI=1S/C15H14Cl2N2O3S/c1-9(10-3-2-4-12(7-10)23(18,21)22)19-15(20)11-5-6-13(16)14(17)8-11/h2-9H,1H3,(H,19,20)(H2,18,21,22). The van der Waals surface area contributed by atoms with Crippen molar-refractivity contribution >= 4 is 39.1 Å². The van der Waals surface area contributed by atoms with Crippen molar-refractivity contribution in [3.63, 3.8) is 0 Å². The highest BCUT2D eigenvalue weighted by Crippen LogP contribution is 2.23. The molecule has 0 saturated heterocycles. The molecule has 0 radical (unpaired) electrons. The topological polar surface area (TPSA) is 89.3 Å². The molecule has 1 unspecified atom stereocenters. The largest absolute Gasteiger partial charge is 0.346 e. The van der Waals surface area contributed by atoms with E-state index < -0.39 is 16.1 Å². The van der Waals surface area contributed by atoms with Crippen molar-refractivity contribution in [2.45, 2.75) is 17.9 Å². The molecule has 1 amide bonds. The second-order valence-corrected chi connectivity index (χ2v) is 7.32. The van der Waals surface area contributed by atoms with Gasteiger partial charge in [0.25, 0.3) is 5.91 Å². The second kappa shape index (κ2) is 6.88. The van der Waals surface area contributed by atoms with Gasteiger partial charge in [-0.05, 0) is 42.8 Å². The molecule has 0 aliphatic rings. The number of amides is 1. The van der Waals surface area contributed by atoms with Crippen LogP contribution in [0, 0.1) is 0 Å². The van der Waals surface area contributed by atoms with E-state index in [1.807, 2.05) is 0 Å². The summed E-state index contributed by atoms with van der Waals surface area (Å²) in [5.41, 5.74) is 0.971. The average molecular weight is 373 g/mol. The molecular formula is C15H14Cl2N2O3S. The van der Waals surface area contributed by atoms with Gasteiger partial charge in [0.1, 0.15) is 0 Å². The molecule has 5 nitrogen and oxygen atoms in total. The molecule has 8 heteroatoms. The molecule has 2 aromatic carbocycles. The van der Waals surface area contributed by atoms with Crippen LogP contribution in [0.2, 0.25) is 10.0 Å². The minimum atomic E-state index is -3.79. The zero-order chi connectivity index (χ0) is 17.2. The number of carbonyl (C=O) groups excluding carboxylic acids is 1. The predicted octanol–water partition coefficient (Wildman–Crippen LogP) is 3.13. The van der Waals surface area contributed by atoms with Crippen LogP contribution in [-0.4, -0.2) is 14.3 Å². The van der Waals surface area contributed by atoms with E-state index >= 15 is 0 Å². The van der Waals surface area contributed by atoms with Crippen molar-refractivity contribution in [1.29, 1.82) is 0 Å². The van der Waals surface area contributed by atoms with Gasteiger partial charge in [0.05, 0.1) is 21.0 Å². The Morgan fingerprint density at radius 3 is 2.43 bits per heavy atom. The summed E-state index contributed by atoms with van der Waals surface area (Å²) in [6.45, 7) is 1.73. The number of nitrogens with one attached hydrogen (secondary N) is 1. The smallest absolute Gasteiger partial charge is 0.251 e. The van der Waals surface area contributed by atoms with Crippen molar-refractivity contribution in [2.24, 2.45) is 5.14 Å². The van der Waals surface area contributed by atoms with Gasteiger partial charge in [-0.25, -0.2) is 13.6 Å². The molecule has 0 aliphatic heterocycles. The van der Waals surface area contributed by atoms with Crippen LogP contribution in [0.1, 0.15) is 28.9 Å². The van der Waals surface area contributed by atoms with Gasteiger partial charge in [0, 0.05) is 5.56 Å². The summed E-state index contributed by atoms with van der Waals surface area (Å²) in [7, 11) is -3.79. The summed E-state index contributed by atoms with van der Waals surface area (Å²) in [5, 5.41) is 8.51. The molecule has 122 valence electrons. The SMILES string of the molecule is CC(NC(=O)c1ccc(Cl)c(Cl)c1)c1cccc(S(N)(=O)=O)c1. The number of rotatable bonds is 4. The Bertz CT molecular complexity index is 854. The first-order valence-electron chi connectivity index (χ1n) is 6.57. The fourth-order valence-electron chi connectivity index (χ4n) is 1.96. The zero-order valence-electron chi connectivity index (χ0n) is 12.1. The average Bonchev–Trinajstić information content (AvgIpc) is 2.49. The molecule has 2 rings (SSSR count). The number of halogens is 2. The highest BCUT2D eigenvalue weighted by atomic mass is 35.5. The summed E-state index contributed by atoms with van der Waals surface area (Å²) in [6, 6.07) is 10.2. The van der Waals surface area contributed by atoms with Crippen LogP contribution in [0.15, 0.2) is 47.4 Å². The summed E-state index contributed by atoms with van der Waals surface area (Å²) >= 11 is 11.7. The van der Waals surface area contributed by atoms with Gasteiger partial charge in [0.15, 0.2) is 0 Å². The minimum absolute atomic E-state index is 0.00867. The van der Waals surface area contributed by atoms with Crippen molar-refractivity contribution in [2.75, 3.05) is 0 Å². The van der Waals surface area contributed by atoms with E-state index in [1.165, 1.54) is 24.3 Å². The molecular weight excluding hydrogens is 359 g/mol. The summed E-state index contributed by atoms with van der Waals surface area (Å²) in [4.78, 5) is 12.2. The molecule has 0 aromatic heterocycles. The van der Waals surface area contributed by atoms with Crippen LogP contribution in [0.3, 0.4) is 0 Å². The zero-order valence-corrected chi connectivity index (χ0v) is 14.4. The molecule has 2 aromatic rings. The lowest BCUT2D eigenvalue weighted by molar-refractivity contribution is 0.0940. The van der Waals surface area contributed by atoms with E-state index in [4.69, 9.17) is 28.3 Å². The van der Waals surface area contributed by atoms with Gasteiger partial charge in [-0.1, -0.05) is 35.3 Å². The van der Waals surface area contributed by atoms with Gasteiger partial charge < -0.3 is 5.32 Å². The monoisotopic (exact) mass is 372 g/mol. The summed E-state index contributed by atoms with van der Waals surface area (Å²) in [6.07, 6.45) is 0. The number of hydrogen-bond acceptors (Lipinski definition) is 3. The van der Waals surface area contributed by atoms with Crippen LogP contribution < -0.4 is 10.5 Å². The first kappa shape index (κ1) is 17.7.